The summed E-state index contributed by atoms with van der Waals surface area (Å²) in [4.78, 5) is 0. The molecule has 6 rings (SSSR count). The second-order valence-corrected chi connectivity index (χ2v) is 13.6. The van der Waals surface area contributed by atoms with E-state index in [1.807, 2.05) is 72.8 Å². The van der Waals surface area contributed by atoms with Crippen molar-refractivity contribution in [3.05, 3.63) is 144 Å². The maximum atomic E-state index is 12.4. The number of benzene rings is 4. The van der Waals surface area contributed by atoms with Gasteiger partial charge in [0.15, 0.2) is 0 Å². The predicted molar refractivity (Wildman–Crippen MR) is 187 cm³/mol. The van der Waals surface area contributed by atoms with Crippen molar-refractivity contribution in [1.82, 2.24) is 0 Å². The highest BCUT2D eigenvalue weighted by Gasteiger charge is 2.52. The van der Waals surface area contributed by atoms with E-state index >= 15 is 0 Å². The van der Waals surface area contributed by atoms with Crippen LogP contribution in [0.1, 0.15) is 73.6 Å². The van der Waals surface area contributed by atoms with Gasteiger partial charge in [-0.2, -0.15) is 0 Å². The smallest absolute Gasteiger partial charge is 0.0935 e. The van der Waals surface area contributed by atoms with Gasteiger partial charge in [0.05, 0.1) is 62.0 Å². The summed E-state index contributed by atoms with van der Waals surface area (Å²) in [6.07, 6.45) is 3.25. The van der Waals surface area contributed by atoms with E-state index in [-0.39, 0.29) is 24.4 Å². The van der Waals surface area contributed by atoms with Gasteiger partial charge in [0, 0.05) is 0 Å². The molecule has 2 N–H and O–H groups in total. The number of aliphatic hydroxyl groups is 2. The number of hydrogen-bond donors (Lipinski definition) is 2. The monoisotopic (exact) mass is 650 g/mol. The van der Waals surface area contributed by atoms with Crippen molar-refractivity contribution < 1.29 is 29.2 Å². The standard InChI is InChI=1S/C42H50O6/c43-41(25-21-37(45-29-33-13-5-1-6-14-33)38(22-26-41)46-30-34-15-7-2-8-16-34)42(44)27-23-39(47-31-35-17-9-3-10-18-35)40(24-28-42)48-32-36-19-11-4-12-20-36/h1-20,37-40,43-44H,21-32H2. The Labute approximate surface area is 285 Å². The Bertz CT molecular complexity index is 1260. The van der Waals surface area contributed by atoms with E-state index in [0.717, 1.165) is 22.3 Å². The summed E-state index contributed by atoms with van der Waals surface area (Å²) in [5, 5.41) is 24.8. The Morgan fingerprint density at radius 2 is 0.583 bits per heavy atom. The Hall–Kier alpha value is -3.36. The molecule has 4 atom stereocenters. The van der Waals surface area contributed by atoms with Crippen molar-refractivity contribution in [2.75, 3.05) is 0 Å². The molecule has 254 valence electrons. The van der Waals surface area contributed by atoms with Crippen LogP contribution in [0.4, 0.5) is 0 Å². The molecule has 0 saturated heterocycles. The molecule has 4 unspecified atom stereocenters. The molecule has 0 aliphatic heterocycles. The lowest BCUT2D eigenvalue weighted by molar-refractivity contribution is -0.168. The van der Waals surface area contributed by atoms with Gasteiger partial charge in [-0.05, 0) is 73.6 Å². The molecule has 6 heteroatoms. The van der Waals surface area contributed by atoms with E-state index in [1.54, 1.807) is 0 Å². The largest absolute Gasteiger partial charge is 0.387 e. The molecule has 4 aromatic carbocycles. The van der Waals surface area contributed by atoms with Gasteiger partial charge in [-0.15, -0.1) is 0 Å². The van der Waals surface area contributed by atoms with Crippen molar-refractivity contribution in [2.24, 2.45) is 0 Å². The van der Waals surface area contributed by atoms with Gasteiger partial charge in [0.2, 0.25) is 0 Å². The zero-order valence-electron chi connectivity index (χ0n) is 27.9. The lowest BCUT2D eigenvalue weighted by Crippen LogP contribution is -2.54. The normalized spacial score (nSPS) is 28.0. The van der Waals surface area contributed by atoms with Crippen LogP contribution in [0.15, 0.2) is 121 Å². The van der Waals surface area contributed by atoms with E-state index in [9.17, 15) is 10.2 Å². The highest BCUT2D eigenvalue weighted by molar-refractivity contribution is 5.16. The van der Waals surface area contributed by atoms with Crippen LogP contribution in [0, 0.1) is 0 Å². The second kappa shape index (κ2) is 16.8. The van der Waals surface area contributed by atoms with Gasteiger partial charge in [0.1, 0.15) is 0 Å². The molecule has 0 spiro atoms. The van der Waals surface area contributed by atoms with Crippen molar-refractivity contribution >= 4 is 0 Å². The van der Waals surface area contributed by atoms with E-state index < -0.39 is 11.2 Å². The van der Waals surface area contributed by atoms with Crippen LogP contribution >= 0.6 is 0 Å². The molecule has 6 nitrogen and oxygen atoms in total. The number of hydrogen-bond acceptors (Lipinski definition) is 6. The first-order chi connectivity index (χ1) is 23.5. The van der Waals surface area contributed by atoms with Gasteiger partial charge in [-0.25, -0.2) is 0 Å². The third-order valence-corrected chi connectivity index (χ3v) is 10.3. The van der Waals surface area contributed by atoms with Gasteiger partial charge in [-0.3, -0.25) is 0 Å². The van der Waals surface area contributed by atoms with Gasteiger partial charge >= 0.3 is 0 Å². The minimum Gasteiger partial charge on any atom is -0.387 e. The first kappa shape index (κ1) is 34.5. The van der Waals surface area contributed by atoms with E-state index in [4.69, 9.17) is 18.9 Å². The summed E-state index contributed by atoms with van der Waals surface area (Å²) in [7, 11) is 0. The summed E-state index contributed by atoms with van der Waals surface area (Å²) in [5.41, 5.74) is 1.83. The molecule has 2 aliphatic carbocycles. The third-order valence-electron chi connectivity index (χ3n) is 10.3. The van der Waals surface area contributed by atoms with Crippen LogP contribution in [0.5, 0.6) is 0 Å². The Morgan fingerprint density at radius 3 is 0.792 bits per heavy atom. The average Bonchev–Trinajstić information content (AvgIpc) is 3.41. The van der Waals surface area contributed by atoms with Crippen molar-refractivity contribution in [3.63, 3.8) is 0 Å². The number of rotatable bonds is 13. The fourth-order valence-electron chi connectivity index (χ4n) is 7.32. The minimum absolute atomic E-state index is 0.207. The molecule has 0 amide bonds. The topological polar surface area (TPSA) is 77.4 Å². The Kier molecular flexibility index (Phi) is 12.1. The fraction of sp³-hybridized carbons (Fsp3) is 0.429. The van der Waals surface area contributed by atoms with Crippen LogP contribution in [0.3, 0.4) is 0 Å². The molecule has 0 heterocycles. The summed E-state index contributed by atoms with van der Waals surface area (Å²) in [6.45, 7) is 1.89. The lowest BCUT2D eigenvalue weighted by atomic mass is 9.73. The molecule has 0 bridgehead atoms. The predicted octanol–water partition coefficient (Wildman–Crippen LogP) is 7.94. The van der Waals surface area contributed by atoms with Crippen LogP contribution in [0.2, 0.25) is 0 Å². The molecule has 2 fully saturated rings. The maximum Gasteiger partial charge on any atom is 0.0935 e. The van der Waals surface area contributed by atoms with E-state index in [2.05, 4.69) is 48.5 Å². The van der Waals surface area contributed by atoms with E-state index in [1.165, 1.54) is 0 Å². The number of ether oxygens (including phenoxy) is 4. The molecule has 4 aromatic rings. The van der Waals surface area contributed by atoms with Crippen molar-refractivity contribution in [3.8, 4) is 0 Å². The molecular formula is C42H50O6. The zero-order valence-corrected chi connectivity index (χ0v) is 27.9. The zero-order chi connectivity index (χ0) is 33.1. The lowest BCUT2D eigenvalue weighted by Gasteiger charge is -2.43. The average molecular weight is 651 g/mol. The summed E-state index contributed by atoms with van der Waals surface area (Å²) in [6, 6.07) is 40.7. The fourth-order valence-corrected chi connectivity index (χ4v) is 7.32. The highest BCUT2D eigenvalue weighted by Crippen LogP contribution is 2.45. The van der Waals surface area contributed by atoms with Gasteiger partial charge in [0.25, 0.3) is 0 Å². The van der Waals surface area contributed by atoms with Crippen molar-refractivity contribution in [2.45, 2.75) is 113 Å². The van der Waals surface area contributed by atoms with Gasteiger partial charge < -0.3 is 29.2 Å². The molecular weight excluding hydrogens is 600 g/mol. The second-order valence-electron chi connectivity index (χ2n) is 13.6. The highest BCUT2D eigenvalue weighted by atomic mass is 16.5. The summed E-state index contributed by atoms with van der Waals surface area (Å²) in [5.74, 6) is 0. The molecule has 48 heavy (non-hydrogen) atoms. The first-order valence-electron chi connectivity index (χ1n) is 17.6. The van der Waals surface area contributed by atoms with Crippen LogP contribution in [-0.4, -0.2) is 45.8 Å². The molecule has 2 saturated carbocycles. The third kappa shape index (κ3) is 9.20. The quantitative estimate of drug-likeness (QED) is 0.143. The first-order valence-corrected chi connectivity index (χ1v) is 17.6. The van der Waals surface area contributed by atoms with Gasteiger partial charge in [-0.1, -0.05) is 121 Å². The van der Waals surface area contributed by atoms with Crippen LogP contribution < -0.4 is 0 Å². The van der Waals surface area contributed by atoms with Crippen molar-refractivity contribution in [1.29, 1.82) is 0 Å². The molecule has 0 radical (unpaired) electrons. The summed E-state index contributed by atoms with van der Waals surface area (Å²) < 4.78 is 26.1. The summed E-state index contributed by atoms with van der Waals surface area (Å²) >= 11 is 0. The maximum absolute atomic E-state index is 12.4. The Balaban J connectivity index is 1.16. The van der Waals surface area contributed by atoms with Crippen LogP contribution in [0.25, 0.3) is 0 Å². The molecule has 2 aliphatic rings. The van der Waals surface area contributed by atoms with Crippen LogP contribution in [-0.2, 0) is 45.4 Å². The SMILES string of the molecule is OC1(C2(O)CCC(OCc3ccccc3)C(OCc3ccccc3)CC2)CCC(OCc2ccccc2)C(OCc2ccccc2)CC1. The Morgan fingerprint density at radius 1 is 0.375 bits per heavy atom. The molecule has 0 aromatic heterocycles. The minimum atomic E-state index is -1.29. The van der Waals surface area contributed by atoms with E-state index in [0.29, 0.717) is 77.8 Å².